The van der Waals surface area contributed by atoms with E-state index in [2.05, 4.69) is 16.4 Å². The van der Waals surface area contributed by atoms with Crippen LogP contribution in [0.5, 0.6) is 0 Å². The molecule has 2 aromatic rings. The number of halogens is 3. The predicted molar refractivity (Wildman–Crippen MR) is 86.8 cm³/mol. The molecule has 1 N–H and O–H groups in total. The molecule has 1 aromatic heterocycles. The number of aromatic nitrogens is 1. The first-order chi connectivity index (χ1) is 11.0. The number of nitrogens with one attached hydrogen (secondary N) is 1. The lowest BCUT2D eigenvalue weighted by Crippen LogP contribution is -2.05. The minimum atomic E-state index is -4.34. The second kappa shape index (κ2) is 6.43. The van der Waals surface area contributed by atoms with Gasteiger partial charge in [0, 0.05) is 29.6 Å². The van der Waals surface area contributed by atoms with Gasteiger partial charge in [-0.2, -0.15) is 13.2 Å². The van der Waals surface area contributed by atoms with E-state index in [0.29, 0.717) is 17.4 Å². The van der Waals surface area contributed by atoms with Gasteiger partial charge < -0.3 is 5.32 Å². The van der Waals surface area contributed by atoms with Crippen molar-refractivity contribution in [2.24, 2.45) is 0 Å². The van der Waals surface area contributed by atoms with Crippen LogP contribution in [0.3, 0.4) is 0 Å². The molecule has 0 aliphatic heterocycles. The van der Waals surface area contributed by atoms with Gasteiger partial charge in [0.05, 0.1) is 11.3 Å². The maximum absolute atomic E-state index is 12.6. The van der Waals surface area contributed by atoms with Crippen molar-refractivity contribution in [1.82, 2.24) is 4.98 Å². The maximum atomic E-state index is 12.6. The van der Waals surface area contributed by atoms with E-state index in [4.69, 9.17) is 0 Å². The van der Waals surface area contributed by atoms with E-state index in [1.807, 2.05) is 19.2 Å². The van der Waals surface area contributed by atoms with Crippen molar-refractivity contribution in [3.05, 3.63) is 53.3 Å². The molecule has 0 unspecified atom stereocenters. The van der Waals surface area contributed by atoms with Crippen molar-refractivity contribution in [3.8, 4) is 0 Å². The van der Waals surface area contributed by atoms with Crippen LogP contribution in [-0.2, 0) is 11.9 Å². The van der Waals surface area contributed by atoms with Gasteiger partial charge in [-0.1, -0.05) is 12.1 Å². The van der Waals surface area contributed by atoms with Crippen LogP contribution >= 0.6 is 11.8 Å². The molecular formula is C17H17F3N2S. The molecule has 0 amide bonds. The second-order valence-electron chi connectivity index (χ2n) is 5.57. The van der Waals surface area contributed by atoms with E-state index >= 15 is 0 Å². The van der Waals surface area contributed by atoms with Crippen LogP contribution in [0.25, 0.3) is 0 Å². The molecule has 1 aliphatic carbocycles. The molecule has 0 saturated heterocycles. The molecule has 122 valence electrons. The summed E-state index contributed by atoms with van der Waals surface area (Å²) in [6.07, 6.45) is -1.02. The van der Waals surface area contributed by atoms with Crippen molar-refractivity contribution in [1.29, 1.82) is 0 Å². The summed E-state index contributed by atoms with van der Waals surface area (Å²) in [5, 5.41) is 3.19. The number of thioether (sulfide) groups is 1. The second-order valence-corrected chi connectivity index (χ2v) is 6.56. The number of rotatable bonds is 5. The van der Waals surface area contributed by atoms with E-state index < -0.39 is 11.7 Å². The molecule has 1 heterocycles. The summed E-state index contributed by atoms with van der Waals surface area (Å²) < 4.78 is 37.7. The fraction of sp³-hybridized carbons (Fsp3) is 0.353. The first-order valence-electron chi connectivity index (χ1n) is 7.44. The Morgan fingerprint density at radius 2 is 2.00 bits per heavy atom. The van der Waals surface area contributed by atoms with Gasteiger partial charge in [-0.25, -0.2) is 0 Å². The summed E-state index contributed by atoms with van der Waals surface area (Å²) in [4.78, 5) is 5.12. The average molecular weight is 338 g/mol. The number of alkyl halides is 3. The number of pyridine rings is 1. The summed E-state index contributed by atoms with van der Waals surface area (Å²) in [6, 6.07) is 8.75. The van der Waals surface area contributed by atoms with Crippen LogP contribution in [0.15, 0.2) is 41.4 Å². The van der Waals surface area contributed by atoms with Gasteiger partial charge >= 0.3 is 6.18 Å². The minimum Gasteiger partial charge on any atom is -0.387 e. The summed E-state index contributed by atoms with van der Waals surface area (Å²) in [7, 11) is 1.88. The molecule has 0 spiro atoms. The molecule has 1 saturated carbocycles. The smallest absolute Gasteiger partial charge is 0.387 e. The highest BCUT2D eigenvalue weighted by atomic mass is 32.2. The Labute approximate surface area is 137 Å². The summed E-state index contributed by atoms with van der Waals surface area (Å²) >= 11 is 1.63. The Morgan fingerprint density at radius 3 is 2.57 bits per heavy atom. The Balaban J connectivity index is 1.75. The van der Waals surface area contributed by atoms with Crippen LogP contribution in [0.4, 0.5) is 18.9 Å². The Hall–Kier alpha value is -1.69. The third-order valence-corrected chi connectivity index (χ3v) is 5.03. The highest BCUT2D eigenvalue weighted by molar-refractivity contribution is 7.98. The summed E-state index contributed by atoms with van der Waals surface area (Å²) in [5.74, 6) is 1.17. The third-order valence-electron chi connectivity index (χ3n) is 3.85. The third kappa shape index (κ3) is 3.80. The number of nitrogens with zero attached hydrogens (tertiary/aromatic N) is 1. The van der Waals surface area contributed by atoms with E-state index in [9.17, 15) is 13.2 Å². The molecule has 6 heteroatoms. The van der Waals surface area contributed by atoms with E-state index in [0.717, 1.165) is 18.0 Å². The van der Waals surface area contributed by atoms with Crippen molar-refractivity contribution in [2.45, 2.75) is 35.6 Å². The predicted octanol–water partition coefficient (Wildman–Crippen LogP) is 5.31. The molecule has 1 aliphatic rings. The first kappa shape index (κ1) is 16.2. The molecule has 0 atom stereocenters. The van der Waals surface area contributed by atoms with Gasteiger partial charge in [0.1, 0.15) is 0 Å². The van der Waals surface area contributed by atoms with Gasteiger partial charge in [-0.3, -0.25) is 4.98 Å². The molecule has 23 heavy (non-hydrogen) atoms. The topological polar surface area (TPSA) is 24.9 Å². The lowest BCUT2D eigenvalue weighted by molar-refractivity contribution is -0.137. The van der Waals surface area contributed by atoms with E-state index in [1.54, 1.807) is 11.8 Å². The molecule has 0 bridgehead atoms. The molecule has 3 rings (SSSR count). The first-order valence-corrected chi connectivity index (χ1v) is 8.43. The molecule has 1 fully saturated rings. The lowest BCUT2D eigenvalue weighted by Gasteiger charge is -2.14. The van der Waals surface area contributed by atoms with Crippen LogP contribution in [0.1, 0.15) is 35.6 Å². The zero-order chi connectivity index (χ0) is 16.4. The molecule has 2 nitrogen and oxygen atoms in total. The zero-order valence-electron chi connectivity index (χ0n) is 12.7. The standard InChI is InChI=1S/C17H17F3N2S/c1-21-15-4-2-3-14(11-5-6-11)16(15)23-10-13-8-7-12(9-22-13)17(18,19)20/h2-4,7-9,11,21H,5-6,10H2,1H3. The number of anilines is 1. The minimum absolute atomic E-state index is 0.552. The van der Waals surface area contributed by atoms with Crippen molar-refractivity contribution in [2.75, 3.05) is 12.4 Å². The monoisotopic (exact) mass is 338 g/mol. The van der Waals surface area contributed by atoms with Crippen molar-refractivity contribution in [3.63, 3.8) is 0 Å². The van der Waals surface area contributed by atoms with Crippen molar-refractivity contribution < 1.29 is 13.2 Å². The Kier molecular flexibility index (Phi) is 4.53. The largest absolute Gasteiger partial charge is 0.417 e. The van der Waals surface area contributed by atoms with E-state index in [1.165, 1.54) is 29.4 Å². The van der Waals surface area contributed by atoms with Gasteiger partial charge in [0.2, 0.25) is 0 Å². The van der Waals surface area contributed by atoms with Crippen LogP contribution in [0.2, 0.25) is 0 Å². The fourth-order valence-corrected chi connectivity index (χ4v) is 3.64. The van der Waals surface area contributed by atoms with Crippen LogP contribution in [0, 0.1) is 0 Å². The SMILES string of the molecule is CNc1cccc(C2CC2)c1SCc1ccc(C(F)(F)F)cn1. The van der Waals surface area contributed by atoms with E-state index in [-0.39, 0.29) is 0 Å². The van der Waals surface area contributed by atoms with Crippen molar-refractivity contribution >= 4 is 17.4 Å². The maximum Gasteiger partial charge on any atom is 0.417 e. The average Bonchev–Trinajstić information content (AvgIpc) is 3.37. The molecular weight excluding hydrogens is 321 g/mol. The number of hydrogen-bond donors (Lipinski definition) is 1. The molecule has 0 radical (unpaired) electrons. The normalized spacial score (nSPS) is 14.8. The highest BCUT2D eigenvalue weighted by Crippen LogP contribution is 2.46. The fourth-order valence-electron chi connectivity index (χ4n) is 2.45. The quantitative estimate of drug-likeness (QED) is 0.748. The Bertz CT molecular complexity index is 679. The molecule has 1 aromatic carbocycles. The Morgan fingerprint density at radius 1 is 1.22 bits per heavy atom. The van der Waals surface area contributed by atoms with Gasteiger partial charge in [-0.15, -0.1) is 11.8 Å². The van der Waals surface area contributed by atoms with Gasteiger partial charge in [0.25, 0.3) is 0 Å². The number of benzene rings is 1. The number of hydrogen-bond acceptors (Lipinski definition) is 3. The zero-order valence-corrected chi connectivity index (χ0v) is 13.5. The van der Waals surface area contributed by atoms with Gasteiger partial charge in [0.15, 0.2) is 0 Å². The van der Waals surface area contributed by atoms with Crippen LogP contribution in [-0.4, -0.2) is 12.0 Å². The summed E-state index contributed by atoms with van der Waals surface area (Å²) in [6.45, 7) is 0. The lowest BCUT2D eigenvalue weighted by atomic mass is 10.1. The summed E-state index contributed by atoms with van der Waals surface area (Å²) in [5.41, 5.74) is 2.33. The highest BCUT2D eigenvalue weighted by Gasteiger charge is 2.30. The van der Waals surface area contributed by atoms with Crippen LogP contribution < -0.4 is 5.32 Å². The van der Waals surface area contributed by atoms with Gasteiger partial charge in [-0.05, 0) is 42.5 Å².